The predicted molar refractivity (Wildman–Crippen MR) is 74.6 cm³/mol. The van der Waals surface area contributed by atoms with Crippen LogP contribution in [0.1, 0.15) is 18.5 Å². The highest BCUT2D eigenvalue weighted by Gasteiger charge is 2.55. The summed E-state index contributed by atoms with van der Waals surface area (Å²) in [6.45, 7) is 4.43. The van der Waals surface area contributed by atoms with Gasteiger partial charge in [-0.1, -0.05) is 0 Å². The van der Waals surface area contributed by atoms with E-state index in [4.69, 9.17) is 14.5 Å². The minimum Gasteiger partial charge on any atom is -0.490 e. The van der Waals surface area contributed by atoms with E-state index in [9.17, 15) is 0 Å². The van der Waals surface area contributed by atoms with Gasteiger partial charge in [-0.05, 0) is 40.8 Å². The standard InChI is InChI=1S/C14H15BrN2O2/c1-2-19-12-3-8(15)4-17-5-11(16-14(12)17)13-9-6-18-7-10(9)13/h3-5,9-10,13H,2,6-7H2,1H3. The third-order valence-corrected chi connectivity index (χ3v) is 4.53. The molecule has 1 aliphatic carbocycles. The SMILES string of the molecule is CCOc1cc(Br)cn2cc(C3C4COCC43)nc12. The molecule has 1 saturated heterocycles. The van der Waals surface area contributed by atoms with Crippen molar-refractivity contribution >= 4 is 21.6 Å². The van der Waals surface area contributed by atoms with E-state index >= 15 is 0 Å². The number of hydrogen-bond acceptors (Lipinski definition) is 3. The van der Waals surface area contributed by atoms with E-state index in [0.717, 1.165) is 29.1 Å². The molecule has 2 aliphatic rings. The normalized spacial score (nSPS) is 28.6. The lowest BCUT2D eigenvalue weighted by Gasteiger charge is -2.05. The van der Waals surface area contributed by atoms with Crippen molar-refractivity contribution in [2.24, 2.45) is 11.8 Å². The molecular weight excluding hydrogens is 308 g/mol. The fourth-order valence-corrected chi connectivity index (χ4v) is 3.58. The van der Waals surface area contributed by atoms with E-state index in [-0.39, 0.29) is 0 Å². The minimum atomic E-state index is 0.585. The smallest absolute Gasteiger partial charge is 0.180 e. The molecule has 5 heteroatoms. The van der Waals surface area contributed by atoms with Gasteiger partial charge in [-0.25, -0.2) is 4.98 Å². The van der Waals surface area contributed by atoms with Crippen molar-refractivity contribution in [1.29, 1.82) is 0 Å². The average Bonchev–Trinajstić information content (AvgIpc) is 2.79. The van der Waals surface area contributed by atoms with Gasteiger partial charge >= 0.3 is 0 Å². The lowest BCUT2D eigenvalue weighted by atomic mass is 10.2. The van der Waals surface area contributed by atoms with Crippen LogP contribution in [0.2, 0.25) is 0 Å². The summed E-state index contributed by atoms with van der Waals surface area (Å²) in [5.74, 6) is 2.79. The third kappa shape index (κ3) is 1.79. The molecule has 0 aromatic carbocycles. The Bertz CT molecular complexity index is 630. The number of imidazole rings is 1. The number of ether oxygens (including phenoxy) is 2. The number of fused-ring (bicyclic) bond motifs is 2. The van der Waals surface area contributed by atoms with Gasteiger partial charge in [0.15, 0.2) is 11.4 Å². The van der Waals surface area contributed by atoms with E-state index in [2.05, 4.69) is 26.5 Å². The van der Waals surface area contributed by atoms with Gasteiger partial charge in [-0.15, -0.1) is 0 Å². The van der Waals surface area contributed by atoms with Crippen molar-refractivity contribution in [2.75, 3.05) is 19.8 Å². The average molecular weight is 323 g/mol. The molecule has 4 rings (SSSR count). The van der Waals surface area contributed by atoms with Gasteiger partial charge in [-0.3, -0.25) is 0 Å². The van der Waals surface area contributed by atoms with Crippen LogP contribution in [0.5, 0.6) is 5.75 Å². The van der Waals surface area contributed by atoms with Crippen LogP contribution >= 0.6 is 15.9 Å². The topological polar surface area (TPSA) is 35.8 Å². The second kappa shape index (κ2) is 4.21. The maximum atomic E-state index is 5.67. The molecule has 0 spiro atoms. The lowest BCUT2D eigenvalue weighted by Crippen LogP contribution is -1.97. The zero-order valence-electron chi connectivity index (χ0n) is 10.7. The monoisotopic (exact) mass is 322 g/mol. The highest BCUT2D eigenvalue weighted by Crippen LogP contribution is 2.57. The summed E-state index contributed by atoms with van der Waals surface area (Å²) in [4.78, 5) is 4.78. The summed E-state index contributed by atoms with van der Waals surface area (Å²) in [6.07, 6.45) is 4.16. The second-order valence-corrected chi connectivity index (χ2v) is 6.16. The third-order valence-electron chi connectivity index (χ3n) is 4.10. The number of halogens is 1. The van der Waals surface area contributed by atoms with Gasteiger partial charge in [0.2, 0.25) is 0 Å². The summed E-state index contributed by atoms with van der Waals surface area (Å²) in [5, 5.41) is 0. The van der Waals surface area contributed by atoms with Gasteiger partial charge in [0.1, 0.15) is 0 Å². The largest absolute Gasteiger partial charge is 0.490 e. The first-order valence-corrected chi connectivity index (χ1v) is 7.46. The van der Waals surface area contributed by atoms with Gasteiger partial charge in [0.05, 0.1) is 25.5 Å². The quantitative estimate of drug-likeness (QED) is 0.871. The van der Waals surface area contributed by atoms with E-state index < -0.39 is 0 Å². The molecule has 2 unspecified atom stereocenters. The van der Waals surface area contributed by atoms with Crippen molar-refractivity contribution in [3.63, 3.8) is 0 Å². The minimum absolute atomic E-state index is 0.585. The number of aromatic nitrogens is 2. The van der Waals surface area contributed by atoms with Crippen LogP contribution in [0.25, 0.3) is 5.65 Å². The van der Waals surface area contributed by atoms with E-state index in [1.165, 1.54) is 5.69 Å². The second-order valence-electron chi connectivity index (χ2n) is 5.24. The first-order chi connectivity index (χ1) is 9.28. The molecule has 3 heterocycles. The molecule has 2 atom stereocenters. The van der Waals surface area contributed by atoms with Crippen LogP contribution in [-0.2, 0) is 4.74 Å². The molecule has 1 aliphatic heterocycles. The van der Waals surface area contributed by atoms with Crippen LogP contribution in [0.3, 0.4) is 0 Å². The summed E-state index contributed by atoms with van der Waals surface area (Å²) in [5.41, 5.74) is 2.09. The van der Waals surface area contributed by atoms with E-state index in [1.54, 1.807) is 0 Å². The molecule has 2 fully saturated rings. The summed E-state index contributed by atoms with van der Waals surface area (Å²) in [6, 6.07) is 1.98. The van der Waals surface area contributed by atoms with Crippen LogP contribution in [0.15, 0.2) is 22.9 Å². The molecule has 2 aromatic rings. The molecule has 19 heavy (non-hydrogen) atoms. The number of nitrogens with zero attached hydrogens (tertiary/aromatic N) is 2. The number of rotatable bonds is 3. The number of pyridine rings is 1. The summed E-state index contributed by atoms with van der Waals surface area (Å²) < 4.78 is 14.2. The van der Waals surface area contributed by atoms with E-state index in [1.807, 2.05) is 19.2 Å². The first kappa shape index (κ1) is 11.7. The fraction of sp³-hybridized carbons (Fsp3) is 0.500. The molecular formula is C14H15BrN2O2. The van der Waals surface area contributed by atoms with Gasteiger partial charge in [0.25, 0.3) is 0 Å². The Labute approximate surface area is 119 Å². The zero-order chi connectivity index (χ0) is 13.0. The highest BCUT2D eigenvalue weighted by molar-refractivity contribution is 9.10. The molecule has 100 valence electrons. The molecule has 0 bridgehead atoms. The van der Waals surface area contributed by atoms with Crippen LogP contribution < -0.4 is 4.74 Å². The van der Waals surface area contributed by atoms with E-state index in [0.29, 0.717) is 24.4 Å². The maximum Gasteiger partial charge on any atom is 0.180 e. The zero-order valence-corrected chi connectivity index (χ0v) is 12.3. The molecule has 0 N–H and O–H groups in total. The van der Waals surface area contributed by atoms with Gasteiger partial charge in [0, 0.05) is 22.8 Å². The lowest BCUT2D eigenvalue weighted by molar-refractivity contribution is 0.160. The molecule has 0 amide bonds. The Balaban J connectivity index is 1.76. The van der Waals surface area contributed by atoms with Crippen LogP contribution in [0, 0.1) is 11.8 Å². The van der Waals surface area contributed by atoms with Gasteiger partial charge in [-0.2, -0.15) is 0 Å². The molecule has 4 nitrogen and oxygen atoms in total. The number of hydrogen-bond donors (Lipinski definition) is 0. The fourth-order valence-electron chi connectivity index (χ4n) is 3.15. The molecule has 2 aromatic heterocycles. The van der Waals surface area contributed by atoms with Crippen LogP contribution in [-0.4, -0.2) is 29.2 Å². The van der Waals surface area contributed by atoms with Crippen molar-refractivity contribution < 1.29 is 9.47 Å². The molecule has 0 radical (unpaired) electrons. The van der Waals surface area contributed by atoms with Crippen molar-refractivity contribution in [1.82, 2.24) is 9.38 Å². The highest BCUT2D eigenvalue weighted by atomic mass is 79.9. The Morgan fingerprint density at radius 2 is 2.21 bits per heavy atom. The summed E-state index contributed by atoms with van der Waals surface area (Å²) in [7, 11) is 0. The predicted octanol–water partition coefficient (Wildman–Crippen LogP) is 2.86. The van der Waals surface area contributed by atoms with Crippen molar-refractivity contribution in [3.05, 3.63) is 28.6 Å². The Kier molecular flexibility index (Phi) is 2.60. The van der Waals surface area contributed by atoms with Crippen LogP contribution in [0.4, 0.5) is 0 Å². The molecule has 1 saturated carbocycles. The maximum absolute atomic E-state index is 5.67. The van der Waals surface area contributed by atoms with Gasteiger partial charge < -0.3 is 13.9 Å². The Morgan fingerprint density at radius 3 is 2.95 bits per heavy atom. The first-order valence-electron chi connectivity index (χ1n) is 6.66. The van der Waals surface area contributed by atoms with Crippen molar-refractivity contribution in [3.8, 4) is 5.75 Å². The Hall–Kier alpha value is -1.07. The Morgan fingerprint density at radius 1 is 1.42 bits per heavy atom. The van der Waals surface area contributed by atoms with Crippen molar-refractivity contribution in [2.45, 2.75) is 12.8 Å². The summed E-state index contributed by atoms with van der Waals surface area (Å²) >= 11 is 3.52.